The van der Waals surface area contributed by atoms with Crippen LogP contribution in [0.3, 0.4) is 0 Å². The number of amides is 2. The summed E-state index contributed by atoms with van der Waals surface area (Å²) in [6.45, 7) is 4.27. The van der Waals surface area contributed by atoms with E-state index in [0.717, 1.165) is 6.42 Å². The molecule has 1 saturated heterocycles. The molecule has 1 heterocycles. The fraction of sp³-hybridized carbons (Fsp3) is 0.556. The van der Waals surface area contributed by atoms with Gasteiger partial charge in [-0.2, -0.15) is 0 Å². The average Bonchev–Trinajstić information content (AvgIpc) is 2.34. The first-order valence-electron chi connectivity index (χ1n) is 4.31. The molecule has 0 spiro atoms. The largest absolute Gasteiger partial charge is 0.305 e. The Morgan fingerprint density at radius 3 is 2.85 bits per heavy atom. The molecule has 1 N–H and O–H groups in total. The SMILES string of the molecule is C=CCCNC1CC(=O)N(C)C1=O. The van der Waals surface area contributed by atoms with E-state index in [9.17, 15) is 9.59 Å². The highest BCUT2D eigenvalue weighted by atomic mass is 16.2. The molecule has 0 aromatic heterocycles. The first-order chi connectivity index (χ1) is 6.16. The molecule has 0 saturated carbocycles. The van der Waals surface area contributed by atoms with Gasteiger partial charge in [-0.25, -0.2) is 0 Å². The summed E-state index contributed by atoms with van der Waals surface area (Å²) in [5, 5.41) is 3.01. The van der Waals surface area contributed by atoms with Gasteiger partial charge in [-0.05, 0) is 13.0 Å². The van der Waals surface area contributed by atoms with Crippen molar-refractivity contribution in [3.63, 3.8) is 0 Å². The Labute approximate surface area is 77.6 Å². The summed E-state index contributed by atoms with van der Waals surface area (Å²) in [5.41, 5.74) is 0. The van der Waals surface area contributed by atoms with E-state index in [1.165, 1.54) is 11.9 Å². The molecule has 1 aliphatic rings. The van der Waals surface area contributed by atoms with Crippen molar-refractivity contribution in [2.75, 3.05) is 13.6 Å². The van der Waals surface area contributed by atoms with Crippen molar-refractivity contribution >= 4 is 11.8 Å². The highest BCUT2D eigenvalue weighted by Crippen LogP contribution is 2.09. The number of likely N-dealkylation sites (tertiary alicyclic amines) is 1. The lowest BCUT2D eigenvalue weighted by molar-refractivity contribution is -0.137. The molecule has 0 bridgehead atoms. The number of nitrogens with zero attached hydrogens (tertiary/aromatic N) is 1. The summed E-state index contributed by atoms with van der Waals surface area (Å²) >= 11 is 0. The second kappa shape index (κ2) is 4.18. The van der Waals surface area contributed by atoms with Gasteiger partial charge in [-0.1, -0.05) is 6.08 Å². The van der Waals surface area contributed by atoms with E-state index in [2.05, 4.69) is 11.9 Å². The second-order valence-electron chi connectivity index (χ2n) is 3.08. The van der Waals surface area contributed by atoms with Crippen LogP contribution in [0.4, 0.5) is 0 Å². The van der Waals surface area contributed by atoms with E-state index in [0.29, 0.717) is 6.54 Å². The molecule has 0 aliphatic carbocycles. The van der Waals surface area contributed by atoms with Gasteiger partial charge in [-0.15, -0.1) is 6.58 Å². The number of nitrogens with one attached hydrogen (secondary N) is 1. The van der Waals surface area contributed by atoms with Crippen molar-refractivity contribution in [2.45, 2.75) is 18.9 Å². The Balaban J connectivity index is 2.40. The minimum atomic E-state index is -0.322. The number of rotatable bonds is 4. The van der Waals surface area contributed by atoms with Crippen molar-refractivity contribution in [3.05, 3.63) is 12.7 Å². The predicted molar refractivity (Wildman–Crippen MR) is 49.0 cm³/mol. The molecule has 72 valence electrons. The van der Waals surface area contributed by atoms with Crippen molar-refractivity contribution in [2.24, 2.45) is 0 Å². The maximum Gasteiger partial charge on any atom is 0.246 e. The van der Waals surface area contributed by atoms with Crippen LogP contribution >= 0.6 is 0 Å². The molecule has 1 atom stereocenters. The van der Waals surface area contributed by atoms with E-state index < -0.39 is 0 Å². The topological polar surface area (TPSA) is 49.4 Å². The molecule has 1 unspecified atom stereocenters. The number of carbonyl (C=O) groups is 2. The van der Waals surface area contributed by atoms with Gasteiger partial charge in [0.25, 0.3) is 0 Å². The lowest BCUT2D eigenvalue weighted by Gasteiger charge is -2.09. The Morgan fingerprint density at radius 1 is 1.69 bits per heavy atom. The van der Waals surface area contributed by atoms with E-state index in [-0.39, 0.29) is 24.3 Å². The summed E-state index contributed by atoms with van der Waals surface area (Å²) in [6, 6.07) is -0.322. The standard InChI is InChI=1S/C9H14N2O2/c1-3-4-5-10-7-6-8(12)11(2)9(7)13/h3,7,10H,1,4-6H2,2H3. The predicted octanol–water partition coefficient (Wildman–Crippen LogP) is -0.0906. The fourth-order valence-electron chi connectivity index (χ4n) is 1.27. The number of imide groups is 1. The Morgan fingerprint density at radius 2 is 2.38 bits per heavy atom. The lowest BCUT2D eigenvalue weighted by Crippen LogP contribution is -2.37. The van der Waals surface area contributed by atoms with Crippen molar-refractivity contribution in [1.82, 2.24) is 10.2 Å². The molecule has 2 amide bonds. The van der Waals surface area contributed by atoms with Gasteiger partial charge in [0.15, 0.2) is 0 Å². The number of hydrogen-bond donors (Lipinski definition) is 1. The maximum atomic E-state index is 11.3. The normalized spacial score (nSPS) is 22.5. The van der Waals surface area contributed by atoms with Gasteiger partial charge in [-0.3, -0.25) is 14.5 Å². The molecule has 0 aromatic rings. The zero-order valence-electron chi connectivity index (χ0n) is 7.75. The minimum absolute atomic E-state index is 0.110. The third-order valence-electron chi connectivity index (χ3n) is 2.12. The summed E-state index contributed by atoms with van der Waals surface area (Å²) in [5.74, 6) is -0.241. The molecule has 4 heteroatoms. The third kappa shape index (κ3) is 2.15. The highest BCUT2D eigenvalue weighted by Gasteiger charge is 2.35. The number of carbonyl (C=O) groups excluding carboxylic acids is 2. The molecular weight excluding hydrogens is 168 g/mol. The van der Waals surface area contributed by atoms with Crippen LogP contribution < -0.4 is 5.32 Å². The summed E-state index contributed by atoms with van der Waals surface area (Å²) < 4.78 is 0. The number of hydrogen-bond acceptors (Lipinski definition) is 3. The molecule has 1 fully saturated rings. The van der Waals surface area contributed by atoms with Crippen LogP contribution in [0.15, 0.2) is 12.7 Å². The molecule has 13 heavy (non-hydrogen) atoms. The van der Waals surface area contributed by atoms with E-state index in [4.69, 9.17) is 0 Å². The van der Waals surface area contributed by atoms with Gasteiger partial charge in [0.2, 0.25) is 11.8 Å². The molecule has 1 aliphatic heterocycles. The Kier molecular flexibility index (Phi) is 3.19. The van der Waals surface area contributed by atoms with Crippen LogP contribution in [-0.4, -0.2) is 36.3 Å². The van der Waals surface area contributed by atoms with Crippen LogP contribution in [0, 0.1) is 0 Å². The highest BCUT2D eigenvalue weighted by molar-refractivity contribution is 6.05. The third-order valence-corrected chi connectivity index (χ3v) is 2.12. The van der Waals surface area contributed by atoms with Gasteiger partial charge < -0.3 is 5.32 Å². The van der Waals surface area contributed by atoms with Gasteiger partial charge >= 0.3 is 0 Å². The van der Waals surface area contributed by atoms with E-state index >= 15 is 0 Å². The molecule has 0 radical (unpaired) electrons. The molecule has 4 nitrogen and oxygen atoms in total. The van der Waals surface area contributed by atoms with Crippen LogP contribution in [-0.2, 0) is 9.59 Å². The smallest absolute Gasteiger partial charge is 0.246 e. The van der Waals surface area contributed by atoms with E-state index in [1.54, 1.807) is 6.08 Å². The van der Waals surface area contributed by atoms with Crippen molar-refractivity contribution in [1.29, 1.82) is 0 Å². The summed E-state index contributed by atoms with van der Waals surface area (Å²) in [4.78, 5) is 23.6. The molecular formula is C9H14N2O2. The number of likely N-dealkylation sites (N-methyl/N-ethyl adjacent to an activating group) is 1. The summed E-state index contributed by atoms with van der Waals surface area (Å²) in [6.07, 6.45) is 2.87. The first-order valence-corrected chi connectivity index (χ1v) is 4.31. The minimum Gasteiger partial charge on any atom is -0.305 e. The van der Waals surface area contributed by atoms with Gasteiger partial charge in [0, 0.05) is 7.05 Å². The lowest BCUT2D eigenvalue weighted by atomic mass is 10.2. The first kappa shape index (κ1) is 9.92. The van der Waals surface area contributed by atoms with E-state index in [1.807, 2.05) is 0 Å². The second-order valence-corrected chi connectivity index (χ2v) is 3.08. The Hall–Kier alpha value is -1.16. The zero-order chi connectivity index (χ0) is 9.84. The van der Waals surface area contributed by atoms with Crippen molar-refractivity contribution < 1.29 is 9.59 Å². The van der Waals surface area contributed by atoms with Gasteiger partial charge in [0.1, 0.15) is 0 Å². The quantitative estimate of drug-likeness (QED) is 0.375. The molecule has 1 rings (SSSR count). The monoisotopic (exact) mass is 182 g/mol. The Bertz CT molecular complexity index is 238. The summed E-state index contributed by atoms with van der Waals surface area (Å²) in [7, 11) is 1.51. The van der Waals surface area contributed by atoms with Crippen LogP contribution in [0.5, 0.6) is 0 Å². The van der Waals surface area contributed by atoms with Crippen LogP contribution in [0.2, 0.25) is 0 Å². The maximum absolute atomic E-state index is 11.3. The van der Waals surface area contributed by atoms with Gasteiger partial charge in [0.05, 0.1) is 12.5 Å². The average molecular weight is 182 g/mol. The zero-order valence-corrected chi connectivity index (χ0v) is 7.75. The van der Waals surface area contributed by atoms with Crippen molar-refractivity contribution in [3.8, 4) is 0 Å². The fourth-order valence-corrected chi connectivity index (χ4v) is 1.27. The molecule has 0 aromatic carbocycles. The van der Waals surface area contributed by atoms with Crippen LogP contribution in [0.1, 0.15) is 12.8 Å². The van der Waals surface area contributed by atoms with Crippen LogP contribution in [0.25, 0.3) is 0 Å².